The summed E-state index contributed by atoms with van der Waals surface area (Å²) in [5.74, 6) is -0.215. The molecule has 0 saturated carbocycles. The maximum atomic E-state index is 12.3. The third-order valence-electron chi connectivity index (χ3n) is 3.29. The van der Waals surface area contributed by atoms with Crippen LogP contribution in [0.3, 0.4) is 0 Å². The molecule has 6 heteroatoms. The lowest BCUT2D eigenvalue weighted by molar-refractivity contribution is -0.150. The second-order valence-corrected chi connectivity index (χ2v) is 5.88. The Bertz CT molecular complexity index is 478. The zero-order valence-corrected chi connectivity index (χ0v) is 13.7. The van der Waals surface area contributed by atoms with E-state index in [4.69, 9.17) is 16.3 Å². The molecule has 1 N–H and O–H groups in total. The monoisotopic (exact) mass is 360 g/mol. The molecule has 0 aliphatic carbocycles. The third-order valence-corrected chi connectivity index (χ3v) is 4.52. The zero-order chi connectivity index (χ0) is 14.5. The van der Waals surface area contributed by atoms with Gasteiger partial charge in [-0.15, -0.1) is 0 Å². The lowest BCUT2D eigenvalue weighted by atomic mass is 10.0. The van der Waals surface area contributed by atoms with Crippen LogP contribution < -0.4 is 5.32 Å². The second-order valence-electron chi connectivity index (χ2n) is 4.61. The van der Waals surface area contributed by atoms with Crippen molar-refractivity contribution in [3.8, 4) is 0 Å². The van der Waals surface area contributed by atoms with Gasteiger partial charge in [0.25, 0.3) is 0 Å². The maximum absolute atomic E-state index is 12.3. The van der Waals surface area contributed by atoms with Crippen molar-refractivity contribution in [1.82, 2.24) is 10.2 Å². The minimum absolute atomic E-state index is 0.215. The average Bonchev–Trinajstić information content (AvgIpc) is 2.44. The number of ether oxygens (including phenoxy) is 1. The predicted octanol–water partition coefficient (Wildman–Crippen LogP) is 2.61. The van der Waals surface area contributed by atoms with Gasteiger partial charge in [0.05, 0.1) is 11.6 Å². The molecule has 1 aliphatic rings. The maximum Gasteiger partial charge on any atom is 0.328 e. The Balaban J connectivity index is 2.28. The number of rotatable bonds is 4. The van der Waals surface area contributed by atoms with Crippen LogP contribution in [0.1, 0.15) is 18.5 Å². The van der Waals surface area contributed by atoms with Gasteiger partial charge in [-0.3, -0.25) is 4.90 Å². The van der Waals surface area contributed by atoms with Gasteiger partial charge >= 0.3 is 5.97 Å². The molecule has 110 valence electrons. The fourth-order valence-corrected chi connectivity index (χ4v) is 2.78. The number of carbonyl (C=O) groups is 1. The summed E-state index contributed by atoms with van der Waals surface area (Å²) in [4.78, 5) is 14.4. The van der Waals surface area contributed by atoms with Gasteiger partial charge in [-0.05, 0) is 40.5 Å². The molecule has 20 heavy (non-hydrogen) atoms. The smallest absolute Gasteiger partial charge is 0.328 e. The molecule has 1 aromatic carbocycles. The SMILES string of the molecule is CCOC(=O)C(c1ccc(Br)c(Cl)c1)N1CCNCC1. The van der Waals surface area contributed by atoms with Crippen LogP contribution in [-0.4, -0.2) is 43.7 Å². The minimum atomic E-state index is -0.386. The van der Waals surface area contributed by atoms with Crippen LogP contribution in [0.4, 0.5) is 0 Å². The van der Waals surface area contributed by atoms with E-state index in [1.807, 2.05) is 25.1 Å². The molecule has 1 saturated heterocycles. The van der Waals surface area contributed by atoms with Crippen molar-refractivity contribution in [2.45, 2.75) is 13.0 Å². The second kappa shape index (κ2) is 7.41. The zero-order valence-electron chi connectivity index (χ0n) is 11.4. The normalized spacial score (nSPS) is 17.8. The number of esters is 1. The molecule has 1 unspecified atom stereocenters. The highest BCUT2D eigenvalue weighted by Crippen LogP contribution is 2.29. The van der Waals surface area contributed by atoms with E-state index in [1.165, 1.54) is 0 Å². The summed E-state index contributed by atoms with van der Waals surface area (Å²) in [7, 11) is 0. The van der Waals surface area contributed by atoms with E-state index in [-0.39, 0.29) is 12.0 Å². The largest absolute Gasteiger partial charge is 0.465 e. The Morgan fingerprint density at radius 3 is 2.80 bits per heavy atom. The van der Waals surface area contributed by atoms with Crippen LogP contribution in [0.25, 0.3) is 0 Å². The van der Waals surface area contributed by atoms with Crippen LogP contribution in [-0.2, 0) is 9.53 Å². The molecule has 1 aromatic rings. The van der Waals surface area contributed by atoms with Gasteiger partial charge in [-0.25, -0.2) is 4.79 Å². The average molecular weight is 362 g/mol. The van der Waals surface area contributed by atoms with E-state index in [0.29, 0.717) is 11.6 Å². The highest BCUT2D eigenvalue weighted by molar-refractivity contribution is 9.10. The first kappa shape index (κ1) is 15.8. The van der Waals surface area contributed by atoms with Crippen molar-refractivity contribution in [3.05, 3.63) is 33.3 Å². The number of halogens is 2. The number of piperazine rings is 1. The van der Waals surface area contributed by atoms with Crippen molar-refractivity contribution >= 4 is 33.5 Å². The molecule has 0 spiro atoms. The number of hydrogen-bond donors (Lipinski definition) is 1. The van der Waals surface area contributed by atoms with Gasteiger partial charge in [-0.2, -0.15) is 0 Å². The van der Waals surface area contributed by atoms with Gasteiger partial charge in [0.1, 0.15) is 6.04 Å². The number of nitrogens with one attached hydrogen (secondary N) is 1. The Morgan fingerprint density at radius 1 is 1.50 bits per heavy atom. The molecule has 1 fully saturated rings. The predicted molar refractivity (Wildman–Crippen MR) is 83.0 cm³/mol. The fourth-order valence-electron chi connectivity index (χ4n) is 2.34. The molecule has 0 radical (unpaired) electrons. The molecule has 0 amide bonds. The first-order valence-electron chi connectivity index (χ1n) is 6.70. The fraction of sp³-hybridized carbons (Fsp3) is 0.500. The van der Waals surface area contributed by atoms with E-state index in [1.54, 1.807) is 0 Å². The van der Waals surface area contributed by atoms with Gasteiger partial charge in [-0.1, -0.05) is 17.7 Å². The molecule has 1 atom stereocenters. The van der Waals surface area contributed by atoms with Gasteiger partial charge < -0.3 is 10.1 Å². The van der Waals surface area contributed by atoms with E-state index in [2.05, 4.69) is 26.1 Å². The minimum Gasteiger partial charge on any atom is -0.465 e. The molecule has 0 bridgehead atoms. The van der Waals surface area contributed by atoms with Crippen LogP contribution in [0.5, 0.6) is 0 Å². The third kappa shape index (κ3) is 3.73. The van der Waals surface area contributed by atoms with Crippen LogP contribution in [0.15, 0.2) is 22.7 Å². The van der Waals surface area contributed by atoms with Crippen molar-refractivity contribution in [2.24, 2.45) is 0 Å². The summed E-state index contributed by atoms with van der Waals surface area (Å²) < 4.78 is 6.05. The molecule has 0 aromatic heterocycles. The lowest BCUT2D eigenvalue weighted by Crippen LogP contribution is -2.47. The van der Waals surface area contributed by atoms with Crippen molar-refractivity contribution in [2.75, 3.05) is 32.8 Å². The summed E-state index contributed by atoms with van der Waals surface area (Å²) in [6.07, 6.45) is 0. The van der Waals surface area contributed by atoms with Crippen molar-refractivity contribution in [1.29, 1.82) is 0 Å². The van der Waals surface area contributed by atoms with Gasteiger partial charge in [0.15, 0.2) is 0 Å². The number of hydrogen-bond acceptors (Lipinski definition) is 4. The molecule has 2 rings (SSSR count). The molecular weight excluding hydrogens is 344 g/mol. The Hall–Kier alpha value is -0.620. The molecule has 4 nitrogen and oxygen atoms in total. The van der Waals surface area contributed by atoms with Crippen molar-refractivity contribution in [3.63, 3.8) is 0 Å². The van der Waals surface area contributed by atoms with E-state index in [0.717, 1.165) is 36.2 Å². The van der Waals surface area contributed by atoms with E-state index < -0.39 is 0 Å². The first-order valence-corrected chi connectivity index (χ1v) is 7.87. The Labute approximate surface area is 132 Å². The van der Waals surface area contributed by atoms with Crippen molar-refractivity contribution < 1.29 is 9.53 Å². The number of carbonyl (C=O) groups excluding carboxylic acids is 1. The number of nitrogens with zero attached hydrogens (tertiary/aromatic N) is 1. The van der Waals surface area contributed by atoms with Crippen LogP contribution in [0.2, 0.25) is 5.02 Å². The lowest BCUT2D eigenvalue weighted by Gasteiger charge is -2.33. The summed E-state index contributed by atoms with van der Waals surface area (Å²) in [6, 6.07) is 5.23. The molecule has 1 heterocycles. The summed E-state index contributed by atoms with van der Waals surface area (Å²) >= 11 is 9.52. The topological polar surface area (TPSA) is 41.6 Å². The summed E-state index contributed by atoms with van der Waals surface area (Å²) in [5.41, 5.74) is 0.874. The van der Waals surface area contributed by atoms with Gasteiger partial charge in [0, 0.05) is 30.7 Å². The van der Waals surface area contributed by atoms with E-state index in [9.17, 15) is 4.79 Å². The Morgan fingerprint density at radius 2 is 2.20 bits per heavy atom. The summed E-state index contributed by atoms with van der Waals surface area (Å²) in [5, 5.41) is 3.89. The van der Waals surface area contributed by atoms with Crippen LogP contribution in [0, 0.1) is 0 Å². The van der Waals surface area contributed by atoms with Gasteiger partial charge in [0.2, 0.25) is 0 Å². The summed E-state index contributed by atoms with van der Waals surface area (Å²) in [6.45, 7) is 5.58. The van der Waals surface area contributed by atoms with E-state index >= 15 is 0 Å². The first-order chi connectivity index (χ1) is 9.63. The highest BCUT2D eigenvalue weighted by Gasteiger charge is 2.30. The Kier molecular flexibility index (Phi) is 5.84. The number of benzene rings is 1. The van der Waals surface area contributed by atoms with Crippen LogP contribution >= 0.6 is 27.5 Å². The molecular formula is C14H18BrClN2O2. The molecule has 1 aliphatic heterocycles. The quantitative estimate of drug-likeness (QED) is 0.837. The highest BCUT2D eigenvalue weighted by atomic mass is 79.9. The standard InChI is InChI=1S/C14H18BrClN2O2/c1-2-20-14(19)13(18-7-5-17-6-8-18)10-3-4-11(15)12(16)9-10/h3-4,9,13,17H,2,5-8H2,1H3.